The Balaban J connectivity index is 1.45. The van der Waals surface area contributed by atoms with Crippen LogP contribution in [0.25, 0.3) is 0 Å². The molecule has 0 bridgehead atoms. The van der Waals surface area contributed by atoms with E-state index in [0.717, 1.165) is 56.1 Å². The van der Waals surface area contributed by atoms with Gasteiger partial charge in [-0.1, -0.05) is 20.8 Å². The maximum atomic E-state index is 12.3. The van der Waals surface area contributed by atoms with E-state index >= 15 is 0 Å². The fraction of sp³-hybridized carbons (Fsp3) is 0.636. The minimum atomic E-state index is -0.0515. The quantitative estimate of drug-likeness (QED) is 0.818. The Labute approximate surface area is 167 Å². The first-order valence-electron chi connectivity index (χ1n) is 10.5. The largest absolute Gasteiger partial charge is 0.356 e. The van der Waals surface area contributed by atoms with E-state index in [1.807, 2.05) is 13.0 Å². The SMILES string of the molecule is Cc1nc2c(c(N3CCC(Cn4nc(C(C)(C)C)ccc4=O)CC3)n1)CCC2. The highest BCUT2D eigenvalue weighted by atomic mass is 16.1. The van der Waals surface area contributed by atoms with Crippen LogP contribution in [-0.4, -0.2) is 32.8 Å². The van der Waals surface area contributed by atoms with Crippen molar-refractivity contribution in [3.05, 3.63) is 45.3 Å². The average Bonchev–Trinajstić information content (AvgIpc) is 3.11. The number of fused-ring (bicyclic) bond motifs is 1. The first-order valence-corrected chi connectivity index (χ1v) is 10.5. The molecule has 0 spiro atoms. The molecule has 0 N–H and O–H groups in total. The molecule has 0 unspecified atom stereocenters. The second-order valence-corrected chi connectivity index (χ2v) is 9.29. The van der Waals surface area contributed by atoms with Gasteiger partial charge in [-0.05, 0) is 51.0 Å². The van der Waals surface area contributed by atoms with E-state index in [1.54, 1.807) is 10.7 Å². The number of anilines is 1. The molecule has 0 saturated carbocycles. The van der Waals surface area contributed by atoms with Gasteiger partial charge in [-0.15, -0.1) is 0 Å². The van der Waals surface area contributed by atoms with Crippen LogP contribution in [0, 0.1) is 12.8 Å². The van der Waals surface area contributed by atoms with Gasteiger partial charge < -0.3 is 4.90 Å². The second kappa shape index (κ2) is 7.30. The predicted molar refractivity (Wildman–Crippen MR) is 111 cm³/mol. The molecule has 1 aliphatic heterocycles. The van der Waals surface area contributed by atoms with Crippen molar-refractivity contribution in [1.82, 2.24) is 19.7 Å². The Hall–Kier alpha value is -2.24. The number of hydrogen-bond acceptors (Lipinski definition) is 5. The number of aromatic nitrogens is 4. The van der Waals surface area contributed by atoms with Gasteiger partial charge in [-0.2, -0.15) is 5.10 Å². The third-order valence-electron chi connectivity index (χ3n) is 6.00. The van der Waals surface area contributed by atoms with Crippen molar-refractivity contribution < 1.29 is 0 Å². The molecule has 2 aliphatic rings. The zero-order chi connectivity index (χ0) is 19.9. The van der Waals surface area contributed by atoms with Crippen molar-refractivity contribution >= 4 is 5.82 Å². The summed E-state index contributed by atoms with van der Waals surface area (Å²) in [6, 6.07) is 3.52. The minimum Gasteiger partial charge on any atom is -0.356 e. The highest BCUT2D eigenvalue weighted by molar-refractivity contribution is 5.51. The third-order valence-corrected chi connectivity index (χ3v) is 6.00. The van der Waals surface area contributed by atoms with Crippen LogP contribution in [0.5, 0.6) is 0 Å². The molecule has 0 radical (unpaired) electrons. The monoisotopic (exact) mass is 381 g/mol. The topological polar surface area (TPSA) is 63.9 Å². The number of aryl methyl sites for hydroxylation is 2. The number of piperidine rings is 1. The molecular weight excluding hydrogens is 350 g/mol. The Morgan fingerprint density at radius 1 is 1.11 bits per heavy atom. The Morgan fingerprint density at radius 2 is 1.86 bits per heavy atom. The predicted octanol–water partition coefficient (Wildman–Crippen LogP) is 3.04. The van der Waals surface area contributed by atoms with Gasteiger partial charge in [0.2, 0.25) is 0 Å². The van der Waals surface area contributed by atoms with E-state index in [4.69, 9.17) is 4.98 Å². The van der Waals surface area contributed by atoms with Gasteiger partial charge in [0.05, 0.1) is 5.69 Å². The van der Waals surface area contributed by atoms with Gasteiger partial charge in [0, 0.05) is 42.4 Å². The third kappa shape index (κ3) is 3.82. The van der Waals surface area contributed by atoms with E-state index in [1.165, 1.54) is 17.7 Å². The molecule has 2 aromatic heterocycles. The molecule has 0 amide bonds. The molecular formula is C22H31N5O. The number of nitrogens with zero attached hydrogens (tertiary/aromatic N) is 5. The highest BCUT2D eigenvalue weighted by Gasteiger charge is 2.26. The van der Waals surface area contributed by atoms with Gasteiger partial charge in [-0.3, -0.25) is 4.79 Å². The molecule has 6 heteroatoms. The van der Waals surface area contributed by atoms with Crippen molar-refractivity contribution in [1.29, 1.82) is 0 Å². The summed E-state index contributed by atoms with van der Waals surface area (Å²) in [4.78, 5) is 24.1. The van der Waals surface area contributed by atoms with Crippen LogP contribution >= 0.6 is 0 Å². The standard InChI is InChI=1S/C22H31N5O/c1-15-23-18-7-5-6-17(18)21(24-15)26-12-10-16(11-13-26)14-27-20(28)9-8-19(25-27)22(2,3)4/h8-9,16H,5-7,10-14H2,1-4H3. The van der Waals surface area contributed by atoms with E-state index in [0.29, 0.717) is 12.5 Å². The second-order valence-electron chi connectivity index (χ2n) is 9.29. The van der Waals surface area contributed by atoms with Crippen molar-refractivity contribution in [3.63, 3.8) is 0 Å². The lowest BCUT2D eigenvalue weighted by molar-refractivity contribution is 0.329. The van der Waals surface area contributed by atoms with E-state index in [2.05, 4.69) is 35.8 Å². The van der Waals surface area contributed by atoms with Crippen molar-refractivity contribution in [2.24, 2.45) is 5.92 Å². The van der Waals surface area contributed by atoms with Crippen molar-refractivity contribution in [2.75, 3.05) is 18.0 Å². The molecule has 6 nitrogen and oxygen atoms in total. The number of hydrogen-bond donors (Lipinski definition) is 0. The summed E-state index contributed by atoms with van der Waals surface area (Å²) in [6.45, 7) is 11.1. The van der Waals surface area contributed by atoms with Crippen molar-refractivity contribution in [2.45, 2.75) is 71.8 Å². The van der Waals surface area contributed by atoms with Gasteiger partial charge in [0.25, 0.3) is 5.56 Å². The normalized spacial score (nSPS) is 17.8. The molecule has 2 aromatic rings. The summed E-state index contributed by atoms with van der Waals surface area (Å²) in [5.41, 5.74) is 3.53. The average molecular weight is 382 g/mol. The van der Waals surface area contributed by atoms with Gasteiger partial charge in [-0.25, -0.2) is 14.6 Å². The summed E-state index contributed by atoms with van der Waals surface area (Å²) in [5.74, 6) is 2.52. The fourth-order valence-corrected chi connectivity index (χ4v) is 4.35. The summed E-state index contributed by atoms with van der Waals surface area (Å²) in [6.07, 6.45) is 5.50. The zero-order valence-electron chi connectivity index (χ0n) is 17.5. The molecule has 0 atom stereocenters. The van der Waals surface area contributed by atoms with Crippen LogP contribution in [0.3, 0.4) is 0 Å². The lowest BCUT2D eigenvalue weighted by atomic mass is 9.92. The smallest absolute Gasteiger partial charge is 0.266 e. The van der Waals surface area contributed by atoms with Crippen LogP contribution in [0.4, 0.5) is 5.82 Å². The lowest BCUT2D eigenvalue weighted by Gasteiger charge is -2.34. The molecule has 1 saturated heterocycles. The summed E-state index contributed by atoms with van der Waals surface area (Å²) >= 11 is 0. The Kier molecular flexibility index (Phi) is 4.98. The molecule has 1 aliphatic carbocycles. The lowest BCUT2D eigenvalue weighted by Crippen LogP contribution is -2.38. The first kappa shape index (κ1) is 19.1. The minimum absolute atomic E-state index is 0.000301. The summed E-state index contributed by atoms with van der Waals surface area (Å²) < 4.78 is 1.67. The first-order chi connectivity index (χ1) is 13.3. The molecule has 150 valence electrons. The fourth-order valence-electron chi connectivity index (χ4n) is 4.35. The highest BCUT2D eigenvalue weighted by Crippen LogP contribution is 2.31. The van der Waals surface area contributed by atoms with E-state index < -0.39 is 0 Å². The van der Waals surface area contributed by atoms with E-state index in [9.17, 15) is 4.79 Å². The molecule has 28 heavy (non-hydrogen) atoms. The van der Waals surface area contributed by atoms with Crippen LogP contribution < -0.4 is 10.5 Å². The summed E-state index contributed by atoms with van der Waals surface area (Å²) in [5, 5.41) is 4.64. The van der Waals surface area contributed by atoms with Gasteiger partial charge in [0.1, 0.15) is 11.6 Å². The van der Waals surface area contributed by atoms with Gasteiger partial charge >= 0.3 is 0 Å². The molecule has 4 rings (SSSR count). The molecule has 3 heterocycles. The summed E-state index contributed by atoms with van der Waals surface area (Å²) in [7, 11) is 0. The molecule has 1 fully saturated rings. The molecule has 0 aromatic carbocycles. The number of rotatable bonds is 3. The Bertz CT molecular complexity index is 919. The zero-order valence-corrected chi connectivity index (χ0v) is 17.5. The van der Waals surface area contributed by atoms with Crippen LogP contribution in [0.2, 0.25) is 0 Å². The van der Waals surface area contributed by atoms with Crippen LogP contribution in [0.15, 0.2) is 16.9 Å². The van der Waals surface area contributed by atoms with Gasteiger partial charge in [0.15, 0.2) is 0 Å². The van der Waals surface area contributed by atoms with Crippen molar-refractivity contribution in [3.8, 4) is 0 Å². The Morgan fingerprint density at radius 3 is 2.57 bits per heavy atom. The maximum absolute atomic E-state index is 12.3. The van der Waals surface area contributed by atoms with E-state index in [-0.39, 0.29) is 11.0 Å². The maximum Gasteiger partial charge on any atom is 0.266 e. The van der Waals surface area contributed by atoms with Crippen LogP contribution in [0.1, 0.15) is 62.8 Å². The van der Waals surface area contributed by atoms with Crippen LogP contribution in [-0.2, 0) is 24.8 Å².